The molecule has 0 radical (unpaired) electrons. The molecule has 6 nitrogen and oxygen atoms in total. The third kappa shape index (κ3) is 2.81. The number of rotatable bonds is 4. The smallest absolute Gasteiger partial charge is 0.327 e. The van der Waals surface area contributed by atoms with E-state index in [4.69, 9.17) is 0 Å². The molecule has 6 heteroatoms. The molecule has 26 heavy (non-hydrogen) atoms. The predicted octanol–water partition coefficient (Wildman–Crippen LogP) is 2.44. The number of nitrogens with one attached hydrogen (secondary N) is 1. The first-order valence-electron chi connectivity index (χ1n) is 8.94. The molecule has 0 spiro atoms. The molecule has 0 saturated carbocycles. The Morgan fingerprint density at radius 2 is 1.96 bits per heavy atom. The number of hydrogen-bond acceptors (Lipinski definition) is 3. The lowest BCUT2D eigenvalue weighted by molar-refractivity contribution is -0.132. The van der Waals surface area contributed by atoms with Gasteiger partial charge in [0.1, 0.15) is 12.6 Å². The Kier molecular flexibility index (Phi) is 4.11. The van der Waals surface area contributed by atoms with Gasteiger partial charge in [-0.05, 0) is 42.2 Å². The maximum Gasteiger partial charge on any atom is 0.327 e. The van der Waals surface area contributed by atoms with Gasteiger partial charge in [0, 0.05) is 6.54 Å². The van der Waals surface area contributed by atoms with Crippen molar-refractivity contribution in [1.29, 1.82) is 0 Å². The van der Waals surface area contributed by atoms with Crippen molar-refractivity contribution >= 4 is 28.6 Å². The van der Waals surface area contributed by atoms with Gasteiger partial charge in [-0.1, -0.05) is 36.4 Å². The molecule has 2 saturated heterocycles. The molecule has 2 atom stereocenters. The van der Waals surface area contributed by atoms with Crippen LogP contribution >= 0.6 is 0 Å². The number of hydrogen-bond donors (Lipinski definition) is 1. The second-order valence-electron chi connectivity index (χ2n) is 6.95. The van der Waals surface area contributed by atoms with Crippen LogP contribution in [0.1, 0.15) is 31.4 Å². The van der Waals surface area contributed by atoms with E-state index in [0.717, 1.165) is 27.7 Å². The maximum atomic E-state index is 12.4. The molecule has 4 amide bonds. The van der Waals surface area contributed by atoms with Gasteiger partial charge in [-0.15, -0.1) is 0 Å². The molecule has 2 heterocycles. The summed E-state index contributed by atoms with van der Waals surface area (Å²) in [4.78, 5) is 39.6. The van der Waals surface area contributed by atoms with Gasteiger partial charge in [-0.25, -0.2) is 4.79 Å². The van der Waals surface area contributed by atoms with E-state index >= 15 is 0 Å². The summed E-state index contributed by atoms with van der Waals surface area (Å²) >= 11 is 0. The van der Waals surface area contributed by atoms with Crippen LogP contribution in [0.15, 0.2) is 42.5 Å². The van der Waals surface area contributed by atoms with Crippen molar-refractivity contribution < 1.29 is 14.4 Å². The van der Waals surface area contributed by atoms with Crippen molar-refractivity contribution in [1.82, 2.24) is 15.1 Å². The minimum atomic E-state index is -0.367. The summed E-state index contributed by atoms with van der Waals surface area (Å²) < 4.78 is 0. The van der Waals surface area contributed by atoms with E-state index in [-0.39, 0.29) is 36.5 Å². The second-order valence-corrected chi connectivity index (χ2v) is 6.95. The SMILES string of the molecule is C[C@H](NC(=O)CN1C(=O)[C@H]2CCCN2C1=O)c1ccc2ccccc2c1. The average Bonchev–Trinajstić information content (AvgIpc) is 3.21. The molecular weight excluding hydrogens is 330 g/mol. The standard InChI is InChI=1S/C20H21N3O3/c1-13(15-9-8-14-5-2-3-6-16(14)11-15)21-18(24)12-23-19(25)17-7-4-10-22(17)20(23)26/h2-3,5-6,8-9,11,13,17H,4,7,10,12H2,1H3,(H,21,24)/t13-,17+/m0/s1. The molecule has 134 valence electrons. The van der Waals surface area contributed by atoms with E-state index in [1.165, 1.54) is 0 Å². The molecule has 2 aliphatic heterocycles. The quantitative estimate of drug-likeness (QED) is 0.860. The lowest BCUT2D eigenvalue weighted by Crippen LogP contribution is -2.42. The molecule has 0 unspecified atom stereocenters. The van der Waals surface area contributed by atoms with E-state index in [1.807, 2.05) is 49.4 Å². The van der Waals surface area contributed by atoms with Gasteiger partial charge < -0.3 is 10.2 Å². The van der Waals surface area contributed by atoms with Crippen molar-refractivity contribution in [3.8, 4) is 0 Å². The summed E-state index contributed by atoms with van der Waals surface area (Å²) in [5.74, 6) is -0.574. The second kappa shape index (κ2) is 6.44. The number of urea groups is 1. The molecule has 2 aliphatic rings. The van der Waals surface area contributed by atoms with E-state index in [1.54, 1.807) is 4.90 Å². The third-order valence-corrected chi connectivity index (χ3v) is 5.23. The summed E-state index contributed by atoms with van der Waals surface area (Å²) in [7, 11) is 0. The molecule has 2 aromatic rings. The van der Waals surface area contributed by atoms with Crippen LogP contribution in [0.3, 0.4) is 0 Å². The largest absolute Gasteiger partial charge is 0.348 e. The monoisotopic (exact) mass is 351 g/mol. The van der Waals surface area contributed by atoms with E-state index < -0.39 is 0 Å². The highest BCUT2D eigenvalue weighted by molar-refractivity contribution is 6.06. The normalized spacial score (nSPS) is 20.6. The molecule has 4 rings (SSSR count). The lowest BCUT2D eigenvalue weighted by atomic mass is 10.0. The number of carbonyl (C=O) groups is 3. The van der Waals surface area contributed by atoms with Crippen LogP contribution in [0.4, 0.5) is 4.79 Å². The van der Waals surface area contributed by atoms with Crippen molar-refractivity contribution in [2.24, 2.45) is 0 Å². The highest BCUT2D eigenvalue weighted by Crippen LogP contribution is 2.27. The van der Waals surface area contributed by atoms with Gasteiger partial charge in [-0.3, -0.25) is 14.5 Å². The number of imide groups is 1. The fraction of sp³-hybridized carbons (Fsp3) is 0.350. The molecule has 2 fully saturated rings. The van der Waals surface area contributed by atoms with Crippen LogP contribution in [0.2, 0.25) is 0 Å². The first-order valence-corrected chi connectivity index (χ1v) is 8.94. The van der Waals surface area contributed by atoms with Crippen LogP contribution < -0.4 is 5.32 Å². The molecule has 1 N–H and O–H groups in total. The van der Waals surface area contributed by atoms with E-state index in [9.17, 15) is 14.4 Å². The number of amides is 4. The lowest BCUT2D eigenvalue weighted by Gasteiger charge is -2.18. The van der Waals surface area contributed by atoms with Gasteiger partial charge in [0.05, 0.1) is 6.04 Å². The summed E-state index contributed by atoms with van der Waals surface area (Å²) in [5.41, 5.74) is 0.983. The Labute approximate surface area is 151 Å². The molecule has 0 aliphatic carbocycles. The summed E-state index contributed by atoms with van der Waals surface area (Å²) in [6.07, 6.45) is 1.54. The Bertz CT molecular complexity index is 873. The highest BCUT2D eigenvalue weighted by atomic mass is 16.2. The van der Waals surface area contributed by atoms with Crippen molar-refractivity contribution in [3.63, 3.8) is 0 Å². The number of carbonyl (C=O) groups excluding carboxylic acids is 3. The zero-order valence-electron chi connectivity index (χ0n) is 14.6. The first-order chi connectivity index (χ1) is 12.5. The average molecular weight is 351 g/mol. The number of fused-ring (bicyclic) bond motifs is 2. The summed E-state index contributed by atoms with van der Waals surface area (Å²) in [6.45, 7) is 2.28. The van der Waals surface area contributed by atoms with Gasteiger partial charge >= 0.3 is 6.03 Å². The van der Waals surface area contributed by atoms with Crippen molar-refractivity contribution in [3.05, 3.63) is 48.0 Å². The number of benzene rings is 2. The van der Waals surface area contributed by atoms with Crippen LogP contribution in [-0.2, 0) is 9.59 Å². The Morgan fingerprint density at radius 1 is 1.19 bits per heavy atom. The Morgan fingerprint density at radius 3 is 2.73 bits per heavy atom. The van der Waals surface area contributed by atoms with Gasteiger partial charge in [0.25, 0.3) is 5.91 Å². The fourth-order valence-electron chi connectivity index (χ4n) is 3.82. The minimum absolute atomic E-state index is 0.209. The van der Waals surface area contributed by atoms with Crippen molar-refractivity contribution in [2.45, 2.75) is 31.8 Å². The van der Waals surface area contributed by atoms with Gasteiger partial charge in [0.2, 0.25) is 5.91 Å². The Hall–Kier alpha value is -2.89. The van der Waals surface area contributed by atoms with Crippen LogP contribution in [-0.4, -0.2) is 46.8 Å². The molecule has 0 bridgehead atoms. The minimum Gasteiger partial charge on any atom is -0.348 e. The van der Waals surface area contributed by atoms with E-state index in [2.05, 4.69) is 5.32 Å². The zero-order chi connectivity index (χ0) is 18.3. The fourth-order valence-corrected chi connectivity index (χ4v) is 3.82. The molecular formula is C20H21N3O3. The topological polar surface area (TPSA) is 69.7 Å². The molecule has 0 aromatic heterocycles. The van der Waals surface area contributed by atoms with Crippen LogP contribution in [0.5, 0.6) is 0 Å². The first kappa shape index (κ1) is 16.6. The van der Waals surface area contributed by atoms with Gasteiger partial charge in [-0.2, -0.15) is 0 Å². The highest BCUT2D eigenvalue weighted by Gasteiger charge is 2.47. The zero-order valence-corrected chi connectivity index (χ0v) is 14.6. The third-order valence-electron chi connectivity index (χ3n) is 5.23. The van der Waals surface area contributed by atoms with Crippen molar-refractivity contribution in [2.75, 3.05) is 13.1 Å². The Balaban J connectivity index is 1.42. The molecule has 2 aromatic carbocycles. The summed E-state index contributed by atoms with van der Waals surface area (Å²) in [6, 6.07) is 13.2. The van der Waals surface area contributed by atoms with Crippen LogP contribution in [0, 0.1) is 0 Å². The number of nitrogens with zero attached hydrogens (tertiary/aromatic N) is 2. The van der Waals surface area contributed by atoms with Crippen LogP contribution in [0.25, 0.3) is 10.8 Å². The predicted molar refractivity (Wildman–Crippen MR) is 97.3 cm³/mol. The van der Waals surface area contributed by atoms with E-state index in [0.29, 0.717) is 13.0 Å². The summed E-state index contributed by atoms with van der Waals surface area (Å²) in [5, 5.41) is 5.14. The maximum absolute atomic E-state index is 12.4. The van der Waals surface area contributed by atoms with Gasteiger partial charge in [0.15, 0.2) is 0 Å².